The number of nitrogens with one attached hydrogen (secondary N) is 2. The minimum absolute atomic E-state index is 0.623. The summed E-state index contributed by atoms with van der Waals surface area (Å²) in [5.41, 5.74) is 0. The number of ether oxygens (including phenoxy) is 5. The van der Waals surface area contributed by atoms with Gasteiger partial charge >= 0.3 is 0 Å². The van der Waals surface area contributed by atoms with E-state index in [4.69, 9.17) is 23.7 Å². The van der Waals surface area contributed by atoms with Gasteiger partial charge in [-0.25, -0.2) is 0 Å². The number of carbonyl (C=O) groups is 2. The van der Waals surface area contributed by atoms with Crippen LogP contribution in [0, 0.1) is 0 Å². The minimum atomic E-state index is -1.85. The van der Waals surface area contributed by atoms with Crippen LogP contribution in [0.25, 0.3) is 0 Å². The van der Waals surface area contributed by atoms with Gasteiger partial charge in [-0.1, -0.05) is 0 Å². The first-order valence-electron chi connectivity index (χ1n) is 12.6. The van der Waals surface area contributed by atoms with Crippen molar-refractivity contribution < 1.29 is 79.2 Å². The molecule has 0 bridgehead atoms. The van der Waals surface area contributed by atoms with E-state index in [1.54, 1.807) is 0 Å². The number of aliphatic hydroxyl groups excluding tert-OH is 9. The van der Waals surface area contributed by atoms with Crippen LogP contribution < -0.4 is 10.6 Å². The van der Waals surface area contributed by atoms with E-state index < -0.39 is 124 Å². The SMILES string of the molecule is CC(=O)N[C@H]1[C@H](O[C@H]2[C@H](O)[C@@H](NC(C)=O)C(O)O[C@@H]2CO)O[C@H](CO)[C@@H](O[C@H]2O[C@H](CO)[C@@H](O)[C@H](O)[C@@H]2O)[C@@H]1O. The van der Waals surface area contributed by atoms with Crippen molar-refractivity contribution in [2.45, 2.75) is 106 Å². The van der Waals surface area contributed by atoms with Crippen molar-refractivity contribution in [3.05, 3.63) is 0 Å². The Morgan fingerprint density at radius 1 is 0.600 bits per heavy atom. The molecule has 3 heterocycles. The third-order valence-corrected chi connectivity index (χ3v) is 6.90. The Labute approximate surface area is 228 Å². The van der Waals surface area contributed by atoms with Gasteiger partial charge in [-0.2, -0.15) is 0 Å². The van der Waals surface area contributed by atoms with Gasteiger partial charge in [0.05, 0.1) is 19.8 Å². The first kappa shape index (κ1) is 32.9. The zero-order chi connectivity index (χ0) is 29.9. The van der Waals surface area contributed by atoms with Gasteiger partial charge in [0.25, 0.3) is 0 Å². The lowest BCUT2D eigenvalue weighted by molar-refractivity contribution is -0.360. The van der Waals surface area contributed by atoms with Gasteiger partial charge in [0, 0.05) is 13.8 Å². The Morgan fingerprint density at radius 3 is 1.57 bits per heavy atom. The Morgan fingerprint density at radius 2 is 1.05 bits per heavy atom. The molecule has 0 aromatic rings. The molecule has 15 atom stereocenters. The van der Waals surface area contributed by atoms with E-state index in [1.165, 1.54) is 0 Å². The van der Waals surface area contributed by atoms with Crippen LogP contribution >= 0.6 is 0 Å². The maximum atomic E-state index is 12.0. The largest absolute Gasteiger partial charge is 0.394 e. The van der Waals surface area contributed by atoms with Crippen LogP contribution in [0.2, 0.25) is 0 Å². The fraction of sp³-hybridized carbons (Fsp3) is 0.909. The number of carbonyl (C=O) groups excluding carboxylic acids is 2. The third-order valence-electron chi connectivity index (χ3n) is 6.90. The van der Waals surface area contributed by atoms with Crippen LogP contribution in [-0.4, -0.2) is 170 Å². The zero-order valence-electron chi connectivity index (χ0n) is 21.7. The quantitative estimate of drug-likeness (QED) is 0.120. The average Bonchev–Trinajstić information content (AvgIpc) is 2.90. The Hall–Kier alpha value is -1.62. The summed E-state index contributed by atoms with van der Waals surface area (Å²) in [5.74, 6) is -1.30. The predicted octanol–water partition coefficient (Wildman–Crippen LogP) is -7.29. The fourth-order valence-corrected chi connectivity index (χ4v) is 4.87. The molecule has 0 spiro atoms. The van der Waals surface area contributed by atoms with E-state index in [0.29, 0.717) is 0 Å². The summed E-state index contributed by atoms with van der Waals surface area (Å²) >= 11 is 0. The molecule has 2 amide bonds. The molecule has 3 aliphatic heterocycles. The van der Waals surface area contributed by atoms with E-state index in [9.17, 15) is 55.5 Å². The standard InChI is InChI=1S/C22H38N2O16/c1-6(28)23-11-14(31)18(9(4-26)36-20(11)35)39-21-12(24-7(2)29)15(32)19(10(5-27)38-21)40-22-17(34)16(33)13(30)8(3-25)37-22/h8-22,25-27,30-35H,3-5H2,1-2H3,(H,23,28)(H,24,29)/t8-,9-,10-,11-,12-,13-,14-,15-,16+,17+,18-,19-,20?,21+,22-/m1/s1. The van der Waals surface area contributed by atoms with E-state index in [-0.39, 0.29) is 0 Å². The van der Waals surface area contributed by atoms with Gasteiger partial charge in [0.15, 0.2) is 18.9 Å². The first-order chi connectivity index (χ1) is 18.8. The molecular weight excluding hydrogens is 548 g/mol. The monoisotopic (exact) mass is 586 g/mol. The second kappa shape index (κ2) is 14.0. The molecule has 0 radical (unpaired) electrons. The summed E-state index contributed by atoms with van der Waals surface area (Å²) in [5, 5.41) is 96.5. The number of aliphatic hydroxyl groups is 9. The number of hydrogen-bond donors (Lipinski definition) is 11. The molecule has 3 aliphatic rings. The molecule has 3 rings (SSSR count). The molecule has 1 unspecified atom stereocenters. The summed E-state index contributed by atoms with van der Waals surface area (Å²) in [6.07, 6.45) is -21.1. The summed E-state index contributed by atoms with van der Waals surface area (Å²) < 4.78 is 27.7. The van der Waals surface area contributed by atoms with Gasteiger partial charge in [0.1, 0.15) is 73.1 Å². The van der Waals surface area contributed by atoms with Crippen LogP contribution in [0.5, 0.6) is 0 Å². The van der Waals surface area contributed by atoms with Crippen LogP contribution in [0.1, 0.15) is 13.8 Å². The molecular formula is C22H38N2O16. The van der Waals surface area contributed by atoms with Crippen LogP contribution in [0.4, 0.5) is 0 Å². The minimum Gasteiger partial charge on any atom is -0.394 e. The number of amides is 2. The van der Waals surface area contributed by atoms with E-state index in [2.05, 4.69) is 10.6 Å². The summed E-state index contributed by atoms with van der Waals surface area (Å²) in [6.45, 7) is -0.117. The van der Waals surface area contributed by atoms with Crippen LogP contribution in [0.3, 0.4) is 0 Å². The average molecular weight is 587 g/mol. The van der Waals surface area contributed by atoms with Crippen molar-refractivity contribution in [3.8, 4) is 0 Å². The molecule has 0 aromatic carbocycles. The van der Waals surface area contributed by atoms with Crippen molar-refractivity contribution in [2.24, 2.45) is 0 Å². The normalized spacial score (nSPS) is 46.0. The van der Waals surface area contributed by atoms with Crippen molar-refractivity contribution in [1.29, 1.82) is 0 Å². The Bertz CT molecular complexity index is 852. The molecule has 0 saturated carbocycles. The highest BCUT2D eigenvalue weighted by molar-refractivity contribution is 5.73. The summed E-state index contributed by atoms with van der Waals surface area (Å²) in [4.78, 5) is 23.5. The Balaban J connectivity index is 1.85. The van der Waals surface area contributed by atoms with Gasteiger partial charge in [-0.15, -0.1) is 0 Å². The molecule has 18 heteroatoms. The third kappa shape index (κ3) is 7.05. The predicted molar refractivity (Wildman–Crippen MR) is 124 cm³/mol. The lowest BCUT2D eigenvalue weighted by Gasteiger charge is -2.49. The first-order valence-corrected chi connectivity index (χ1v) is 12.6. The molecule has 0 aliphatic carbocycles. The van der Waals surface area contributed by atoms with Crippen molar-refractivity contribution in [1.82, 2.24) is 10.6 Å². The summed E-state index contributed by atoms with van der Waals surface area (Å²) in [7, 11) is 0. The van der Waals surface area contributed by atoms with Crippen molar-refractivity contribution in [3.63, 3.8) is 0 Å². The second-order valence-electron chi connectivity index (χ2n) is 9.81. The van der Waals surface area contributed by atoms with Crippen molar-refractivity contribution >= 4 is 11.8 Å². The highest BCUT2D eigenvalue weighted by Gasteiger charge is 2.54. The lowest BCUT2D eigenvalue weighted by Crippen LogP contribution is -2.70. The van der Waals surface area contributed by atoms with Crippen LogP contribution in [-0.2, 0) is 33.3 Å². The number of rotatable bonds is 9. The van der Waals surface area contributed by atoms with Gasteiger partial charge in [0.2, 0.25) is 11.8 Å². The van der Waals surface area contributed by atoms with Gasteiger partial charge in [-0.3, -0.25) is 9.59 Å². The molecule has 11 N–H and O–H groups in total. The Kier molecular flexibility index (Phi) is 11.5. The molecule has 18 nitrogen and oxygen atoms in total. The van der Waals surface area contributed by atoms with Crippen molar-refractivity contribution in [2.75, 3.05) is 19.8 Å². The van der Waals surface area contributed by atoms with Crippen LogP contribution in [0.15, 0.2) is 0 Å². The van der Waals surface area contributed by atoms with E-state index >= 15 is 0 Å². The van der Waals surface area contributed by atoms with E-state index in [1.807, 2.05) is 0 Å². The lowest BCUT2D eigenvalue weighted by atomic mass is 9.94. The maximum absolute atomic E-state index is 12.0. The van der Waals surface area contributed by atoms with E-state index in [0.717, 1.165) is 13.8 Å². The second-order valence-corrected chi connectivity index (χ2v) is 9.81. The smallest absolute Gasteiger partial charge is 0.217 e. The van der Waals surface area contributed by atoms with Gasteiger partial charge in [-0.05, 0) is 0 Å². The topological polar surface area (TPSA) is 286 Å². The fourth-order valence-electron chi connectivity index (χ4n) is 4.87. The summed E-state index contributed by atoms with van der Waals surface area (Å²) in [6, 6.07) is -2.87. The highest BCUT2D eigenvalue weighted by atomic mass is 16.7. The maximum Gasteiger partial charge on any atom is 0.217 e. The molecule has 3 saturated heterocycles. The molecule has 40 heavy (non-hydrogen) atoms. The highest BCUT2D eigenvalue weighted by Crippen LogP contribution is 2.32. The van der Waals surface area contributed by atoms with Gasteiger partial charge < -0.3 is 80.3 Å². The molecule has 3 fully saturated rings. The number of hydrogen-bond acceptors (Lipinski definition) is 16. The molecule has 0 aromatic heterocycles. The molecule has 232 valence electrons. The zero-order valence-corrected chi connectivity index (χ0v) is 21.7.